The van der Waals surface area contributed by atoms with Crippen molar-refractivity contribution in [1.29, 1.82) is 0 Å². The molecular weight excluding hydrogens is 290 g/mol. The molecule has 1 heterocycles. The van der Waals surface area contributed by atoms with Gasteiger partial charge in [0.1, 0.15) is 10.7 Å². The molecule has 0 spiro atoms. The summed E-state index contributed by atoms with van der Waals surface area (Å²) < 4.78 is 25.0. The van der Waals surface area contributed by atoms with Crippen LogP contribution in [-0.4, -0.2) is 50.1 Å². The van der Waals surface area contributed by atoms with E-state index < -0.39 is 10.0 Å². The molecule has 2 N–H and O–H groups in total. The average molecular weight is 313 g/mol. The largest absolute Gasteiger partial charge is 0.396 e. The third-order valence-electron chi connectivity index (χ3n) is 4.16. The second kappa shape index (κ2) is 6.29. The molecule has 0 unspecified atom stereocenters. The molecule has 1 saturated carbocycles. The number of anilines is 1. The van der Waals surface area contributed by atoms with Gasteiger partial charge in [0.15, 0.2) is 0 Å². The highest BCUT2D eigenvalue weighted by atomic mass is 32.2. The van der Waals surface area contributed by atoms with Crippen molar-refractivity contribution < 1.29 is 13.5 Å². The zero-order chi connectivity index (χ0) is 15.5. The van der Waals surface area contributed by atoms with Crippen molar-refractivity contribution in [3.8, 4) is 0 Å². The van der Waals surface area contributed by atoms with E-state index in [4.69, 9.17) is 0 Å². The van der Waals surface area contributed by atoms with Gasteiger partial charge in [0.25, 0.3) is 0 Å². The van der Waals surface area contributed by atoms with Gasteiger partial charge in [-0.2, -0.15) is 0 Å². The number of aliphatic hydroxyl groups is 1. The minimum Gasteiger partial charge on any atom is -0.396 e. The van der Waals surface area contributed by atoms with Gasteiger partial charge in [-0.1, -0.05) is 12.8 Å². The molecule has 1 aromatic heterocycles. The number of nitrogens with one attached hydrogen (secondary N) is 1. The quantitative estimate of drug-likeness (QED) is 0.827. The maximum atomic E-state index is 11.9. The van der Waals surface area contributed by atoms with E-state index in [0.717, 1.165) is 30.0 Å². The summed E-state index contributed by atoms with van der Waals surface area (Å²) in [6.45, 7) is 0.837. The number of rotatable bonds is 6. The topological polar surface area (TPSA) is 82.5 Å². The van der Waals surface area contributed by atoms with Crippen molar-refractivity contribution in [2.45, 2.75) is 30.6 Å². The minimum absolute atomic E-state index is 0.0595. The Morgan fingerprint density at radius 2 is 2.00 bits per heavy atom. The maximum absolute atomic E-state index is 11.9. The van der Waals surface area contributed by atoms with E-state index in [2.05, 4.69) is 10.3 Å². The normalized spacial score (nSPS) is 18.1. The molecular formula is C14H23N3O3S. The third-order valence-corrected chi connectivity index (χ3v) is 5.96. The predicted octanol–water partition coefficient (Wildman–Crippen LogP) is 1.30. The summed E-state index contributed by atoms with van der Waals surface area (Å²) in [6.07, 6.45) is 5.69. The average Bonchev–Trinajstić information content (AvgIpc) is 2.95. The van der Waals surface area contributed by atoms with Crippen LogP contribution >= 0.6 is 0 Å². The lowest BCUT2D eigenvalue weighted by molar-refractivity contribution is 0.142. The Morgan fingerprint density at radius 3 is 2.48 bits per heavy atom. The van der Waals surface area contributed by atoms with Crippen LogP contribution in [-0.2, 0) is 10.0 Å². The molecule has 0 saturated heterocycles. The van der Waals surface area contributed by atoms with E-state index in [9.17, 15) is 13.5 Å². The molecule has 2 rings (SSSR count). The molecule has 0 aliphatic heterocycles. The number of aromatic nitrogens is 1. The molecule has 7 heteroatoms. The molecule has 1 aliphatic carbocycles. The Labute approximate surface area is 126 Å². The fraction of sp³-hybridized carbons (Fsp3) is 0.643. The fourth-order valence-electron chi connectivity index (χ4n) is 2.64. The van der Waals surface area contributed by atoms with Crippen molar-refractivity contribution in [2.24, 2.45) is 5.41 Å². The van der Waals surface area contributed by atoms with Crippen LogP contribution in [0.3, 0.4) is 0 Å². The summed E-state index contributed by atoms with van der Waals surface area (Å²) >= 11 is 0. The van der Waals surface area contributed by atoms with Gasteiger partial charge in [-0.05, 0) is 25.0 Å². The molecule has 118 valence electrons. The van der Waals surface area contributed by atoms with Crippen LogP contribution < -0.4 is 5.32 Å². The number of aliphatic hydroxyl groups excluding tert-OH is 1. The van der Waals surface area contributed by atoms with E-state index in [1.807, 2.05) is 0 Å². The monoisotopic (exact) mass is 313 g/mol. The summed E-state index contributed by atoms with van der Waals surface area (Å²) in [5.74, 6) is 0.632. The van der Waals surface area contributed by atoms with Gasteiger partial charge < -0.3 is 10.4 Å². The summed E-state index contributed by atoms with van der Waals surface area (Å²) in [7, 11) is -0.453. The Kier molecular flexibility index (Phi) is 4.85. The molecule has 1 aromatic rings. The number of sulfonamides is 1. The first-order valence-electron chi connectivity index (χ1n) is 7.13. The zero-order valence-electron chi connectivity index (χ0n) is 12.5. The van der Waals surface area contributed by atoms with E-state index in [0.29, 0.717) is 12.4 Å². The molecule has 6 nitrogen and oxygen atoms in total. The molecule has 1 fully saturated rings. The molecule has 0 amide bonds. The van der Waals surface area contributed by atoms with Crippen molar-refractivity contribution in [2.75, 3.05) is 32.6 Å². The first kappa shape index (κ1) is 16.2. The Bertz CT molecular complexity index is 564. The van der Waals surface area contributed by atoms with E-state index in [1.54, 1.807) is 12.1 Å². The van der Waals surface area contributed by atoms with E-state index >= 15 is 0 Å². The molecule has 1 aliphatic rings. The van der Waals surface area contributed by atoms with Crippen molar-refractivity contribution >= 4 is 15.8 Å². The highest BCUT2D eigenvalue weighted by molar-refractivity contribution is 7.89. The van der Waals surface area contributed by atoms with Crippen LogP contribution in [0.2, 0.25) is 0 Å². The lowest BCUT2D eigenvalue weighted by Crippen LogP contribution is -2.30. The number of nitrogens with zero attached hydrogens (tertiary/aromatic N) is 2. The molecule has 21 heavy (non-hydrogen) atoms. The summed E-state index contributed by atoms with van der Waals surface area (Å²) in [5.41, 5.74) is -0.0595. The Morgan fingerprint density at radius 1 is 1.33 bits per heavy atom. The second-order valence-electron chi connectivity index (χ2n) is 5.89. The number of hydrogen-bond acceptors (Lipinski definition) is 5. The molecule has 0 aromatic carbocycles. The predicted molar refractivity (Wildman–Crippen MR) is 81.6 cm³/mol. The van der Waals surface area contributed by atoms with E-state index in [1.165, 1.54) is 20.3 Å². The fourth-order valence-corrected chi connectivity index (χ4v) is 3.49. The standard InChI is InChI=1S/C14H23N3O3S/c1-17(2)21(19,20)12-5-6-13(15-9-12)16-10-14(11-18)7-3-4-8-14/h5-6,9,18H,3-4,7-8,10-11H2,1-2H3,(H,15,16). The maximum Gasteiger partial charge on any atom is 0.244 e. The zero-order valence-corrected chi connectivity index (χ0v) is 13.4. The number of hydrogen-bond donors (Lipinski definition) is 2. The van der Waals surface area contributed by atoms with Crippen molar-refractivity contribution in [3.63, 3.8) is 0 Å². The van der Waals surface area contributed by atoms with E-state index in [-0.39, 0.29) is 16.9 Å². The van der Waals surface area contributed by atoms with Crippen LogP contribution in [0.1, 0.15) is 25.7 Å². The lowest BCUT2D eigenvalue weighted by Gasteiger charge is -2.26. The molecule has 0 radical (unpaired) electrons. The van der Waals surface area contributed by atoms with Crippen molar-refractivity contribution in [3.05, 3.63) is 18.3 Å². The Balaban J connectivity index is 2.03. The highest BCUT2D eigenvalue weighted by Crippen LogP contribution is 2.37. The lowest BCUT2D eigenvalue weighted by atomic mass is 9.87. The van der Waals surface area contributed by atoms with Crippen LogP contribution in [0.5, 0.6) is 0 Å². The highest BCUT2D eigenvalue weighted by Gasteiger charge is 2.33. The van der Waals surface area contributed by atoms with Gasteiger partial charge in [-0.25, -0.2) is 17.7 Å². The minimum atomic E-state index is -3.44. The van der Waals surface area contributed by atoms with Gasteiger partial charge in [0, 0.05) is 32.3 Å². The van der Waals surface area contributed by atoms with Gasteiger partial charge in [0.05, 0.1) is 6.61 Å². The smallest absolute Gasteiger partial charge is 0.244 e. The van der Waals surface area contributed by atoms with Gasteiger partial charge in [0.2, 0.25) is 10.0 Å². The molecule has 0 atom stereocenters. The van der Waals surface area contributed by atoms with Gasteiger partial charge in [-0.15, -0.1) is 0 Å². The molecule has 0 bridgehead atoms. The summed E-state index contributed by atoms with van der Waals surface area (Å²) in [6, 6.07) is 3.21. The first-order valence-corrected chi connectivity index (χ1v) is 8.57. The Hall–Kier alpha value is -1.18. The van der Waals surface area contributed by atoms with Crippen LogP contribution in [0.15, 0.2) is 23.2 Å². The SMILES string of the molecule is CN(C)S(=O)(=O)c1ccc(NCC2(CO)CCCC2)nc1. The third kappa shape index (κ3) is 3.53. The van der Waals surface area contributed by atoms with Crippen molar-refractivity contribution in [1.82, 2.24) is 9.29 Å². The number of pyridine rings is 1. The van der Waals surface area contributed by atoms with Gasteiger partial charge >= 0.3 is 0 Å². The second-order valence-corrected chi connectivity index (χ2v) is 8.04. The van der Waals surface area contributed by atoms with Crippen LogP contribution in [0.4, 0.5) is 5.82 Å². The van der Waals surface area contributed by atoms with Crippen LogP contribution in [0.25, 0.3) is 0 Å². The summed E-state index contributed by atoms with van der Waals surface area (Å²) in [4.78, 5) is 4.33. The first-order chi connectivity index (χ1) is 9.89. The summed E-state index contributed by atoms with van der Waals surface area (Å²) in [5, 5.41) is 12.8. The van der Waals surface area contributed by atoms with Gasteiger partial charge in [-0.3, -0.25) is 0 Å². The van der Waals surface area contributed by atoms with Crippen LogP contribution in [0, 0.1) is 5.41 Å².